The Bertz CT molecular complexity index is 1200. The first-order chi connectivity index (χ1) is 13.9. The first-order valence-corrected chi connectivity index (χ1v) is 9.48. The molecule has 0 saturated heterocycles. The molecule has 9 nitrogen and oxygen atoms in total. The number of imide groups is 1. The normalized spacial score (nSPS) is 13.1. The Labute approximate surface area is 168 Å². The van der Waals surface area contributed by atoms with E-state index in [-0.39, 0.29) is 24.1 Å². The summed E-state index contributed by atoms with van der Waals surface area (Å²) in [5, 5.41) is 14.2. The van der Waals surface area contributed by atoms with Crippen LogP contribution in [0.1, 0.15) is 32.7 Å². The molecular weight excluding hydrogens is 396 g/mol. The number of rotatable bonds is 5. The van der Waals surface area contributed by atoms with Gasteiger partial charge in [-0.2, -0.15) is 0 Å². The van der Waals surface area contributed by atoms with Gasteiger partial charge in [0, 0.05) is 19.0 Å². The molecule has 3 amide bonds. The van der Waals surface area contributed by atoms with Crippen molar-refractivity contribution >= 4 is 50.1 Å². The molecule has 0 fully saturated rings. The van der Waals surface area contributed by atoms with Gasteiger partial charge in [0.25, 0.3) is 17.5 Å². The minimum absolute atomic E-state index is 0.0220. The van der Waals surface area contributed by atoms with E-state index < -0.39 is 28.3 Å². The van der Waals surface area contributed by atoms with Crippen LogP contribution in [-0.4, -0.2) is 39.1 Å². The van der Waals surface area contributed by atoms with Gasteiger partial charge in [0.05, 0.1) is 20.7 Å². The van der Waals surface area contributed by atoms with Gasteiger partial charge >= 0.3 is 0 Å². The predicted octanol–water partition coefficient (Wildman–Crippen LogP) is 3.14. The average Bonchev–Trinajstić information content (AvgIpc) is 3.20. The molecule has 0 aliphatic carbocycles. The average molecular weight is 410 g/mol. The van der Waals surface area contributed by atoms with Crippen LogP contribution in [0.5, 0.6) is 0 Å². The predicted molar refractivity (Wildman–Crippen MR) is 106 cm³/mol. The maximum absolute atomic E-state index is 12.5. The van der Waals surface area contributed by atoms with Gasteiger partial charge in [-0.25, -0.2) is 4.98 Å². The number of fused-ring (bicyclic) bond motifs is 2. The molecule has 0 spiro atoms. The van der Waals surface area contributed by atoms with Crippen molar-refractivity contribution in [2.75, 3.05) is 11.9 Å². The summed E-state index contributed by atoms with van der Waals surface area (Å²) in [5.74, 6) is -1.81. The van der Waals surface area contributed by atoms with E-state index in [0.717, 1.165) is 20.7 Å². The summed E-state index contributed by atoms with van der Waals surface area (Å²) >= 11 is 1.33. The summed E-state index contributed by atoms with van der Waals surface area (Å²) in [7, 11) is 0. The van der Waals surface area contributed by atoms with E-state index in [0.29, 0.717) is 5.13 Å². The number of aryl methyl sites for hydroxylation is 1. The molecule has 0 radical (unpaired) electrons. The second kappa shape index (κ2) is 7.06. The molecule has 1 aliphatic heterocycles. The first-order valence-electron chi connectivity index (χ1n) is 8.66. The fraction of sp³-hybridized carbons (Fsp3) is 0.158. The van der Waals surface area contributed by atoms with Gasteiger partial charge in [-0.1, -0.05) is 29.5 Å². The molecule has 146 valence electrons. The third kappa shape index (κ3) is 3.23. The second-order valence-corrected chi connectivity index (χ2v) is 7.49. The number of aromatic nitrogens is 1. The number of carbonyl (C=O) groups is 3. The number of thiazole rings is 1. The second-order valence-electron chi connectivity index (χ2n) is 6.46. The van der Waals surface area contributed by atoms with Gasteiger partial charge in [0.2, 0.25) is 5.91 Å². The van der Waals surface area contributed by atoms with Gasteiger partial charge in [0.15, 0.2) is 5.13 Å². The molecule has 1 N–H and O–H groups in total. The van der Waals surface area contributed by atoms with Crippen LogP contribution in [0, 0.1) is 17.0 Å². The molecule has 1 aliphatic rings. The van der Waals surface area contributed by atoms with Crippen LogP contribution < -0.4 is 5.32 Å². The van der Waals surface area contributed by atoms with E-state index in [9.17, 15) is 24.5 Å². The highest BCUT2D eigenvalue weighted by Gasteiger charge is 2.40. The number of nitro groups is 1. The van der Waals surface area contributed by atoms with Crippen molar-refractivity contribution in [1.82, 2.24) is 9.88 Å². The lowest BCUT2D eigenvalue weighted by Crippen LogP contribution is -2.33. The van der Waals surface area contributed by atoms with Gasteiger partial charge in [-0.15, -0.1) is 0 Å². The standard InChI is InChI=1S/C19H14N4O5S/c1-10-4-2-7-13-16(10)21-19(29-13)20-14(24)8-9-22-17(25)11-5-3-6-12(23(27)28)15(11)18(22)26/h2-7H,8-9H2,1H3,(H,20,21,24). The summed E-state index contributed by atoms with van der Waals surface area (Å²) in [6.07, 6.45) is -0.145. The Morgan fingerprint density at radius 1 is 1.21 bits per heavy atom. The van der Waals surface area contributed by atoms with Crippen LogP contribution >= 0.6 is 11.3 Å². The van der Waals surface area contributed by atoms with Gasteiger partial charge in [-0.05, 0) is 24.6 Å². The van der Waals surface area contributed by atoms with Gasteiger partial charge in [-0.3, -0.25) is 29.4 Å². The molecule has 10 heteroatoms. The number of amides is 3. The van der Waals surface area contributed by atoms with Crippen LogP contribution in [0.15, 0.2) is 36.4 Å². The summed E-state index contributed by atoms with van der Waals surface area (Å²) in [5.41, 5.74) is 1.13. The summed E-state index contributed by atoms with van der Waals surface area (Å²) in [4.78, 5) is 52.9. The fourth-order valence-electron chi connectivity index (χ4n) is 3.21. The van der Waals surface area contributed by atoms with Crippen molar-refractivity contribution in [2.45, 2.75) is 13.3 Å². The van der Waals surface area contributed by atoms with Crippen molar-refractivity contribution in [3.8, 4) is 0 Å². The lowest BCUT2D eigenvalue weighted by molar-refractivity contribution is -0.385. The zero-order chi connectivity index (χ0) is 20.7. The molecule has 0 atom stereocenters. The molecule has 0 saturated carbocycles. The molecule has 3 aromatic rings. The molecule has 29 heavy (non-hydrogen) atoms. The molecule has 0 unspecified atom stereocenters. The van der Waals surface area contributed by atoms with Crippen molar-refractivity contribution in [3.63, 3.8) is 0 Å². The number of carbonyl (C=O) groups excluding carboxylic acids is 3. The van der Waals surface area contributed by atoms with Crippen molar-refractivity contribution < 1.29 is 19.3 Å². The number of nitrogens with zero attached hydrogens (tertiary/aromatic N) is 3. The summed E-state index contributed by atoms with van der Waals surface area (Å²) < 4.78 is 0.938. The number of nitrogens with one attached hydrogen (secondary N) is 1. The Morgan fingerprint density at radius 3 is 2.69 bits per heavy atom. The van der Waals surface area contributed by atoms with E-state index in [1.807, 2.05) is 25.1 Å². The molecule has 1 aromatic heterocycles. The van der Waals surface area contributed by atoms with Crippen LogP contribution in [0.2, 0.25) is 0 Å². The molecule has 2 heterocycles. The highest BCUT2D eigenvalue weighted by atomic mass is 32.1. The van der Waals surface area contributed by atoms with Gasteiger partial charge in [0.1, 0.15) is 5.56 Å². The zero-order valence-electron chi connectivity index (χ0n) is 15.2. The Kier molecular flexibility index (Phi) is 4.55. The monoisotopic (exact) mass is 410 g/mol. The van der Waals surface area contributed by atoms with E-state index in [1.54, 1.807) is 0 Å². The number of anilines is 1. The Balaban J connectivity index is 1.46. The molecule has 0 bridgehead atoms. The lowest BCUT2D eigenvalue weighted by Gasteiger charge is -2.12. The van der Waals surface area contributed by atoms with Crippen LogP contribution in [0.3, 0.4) is 0 Å². The lowest BCUT2D eigenvalue weighted by atomic mass is 10.1. The molecule has 2 aromatic carbocycles. The first kappa shape index (κ1) is 18.7. The summed E-state index contributed by atoms with van der Waals surface area (Å²) in [6.45, 7) is 1.74. The maximum atomic E-state index is 12.5. The number of hydrogen-bond donors (Lipinski definition) is 1. The van der Waals surface area contributed by atoms with Crippen molar-refractivity contribution in [2.24, 2.45) is 0 Å². The molecule has 4 rings (SSSR count). The van der Waals surface area contributed by atoms with E-state index in [4.69, 9.17) is 0 Å². The fourth-order valence-corrected chi connectivity index (χ4v) is 4.17. The Hall–Kier alpha value is -3.66. The molecular formula is C19H14N4O5S. The zero-order valence-corrected chi connectivity index (χ0v) is 16.0. The summed E-state index contributed by atoms with van der Waals surface area (Å²) in [6, 6.07) is 9.63. The quantitative estimate of drug-likeness (QED) is 0.392. The van der Waals surface area contributed by atoms with Gasteiger partial charge < -0.3 is 5.32 Å². The largest absolute Gasteiger partial charge is 0.302 e. The highest BCUT2D eigenvalue weighted by molar-refractivity contribution is 7.22. The topological polar surface area (TPSA) is 123 Å². The number of hydrogen-bond acceptors (Lipinski definition) is 7. The third-order valence-corrected chi connectivity index (χ3v) is 5.54. The number of para-hydroxylation sites is 1. The minimum Gasteiger partial charge on any atom is -0.302 e. The van der Waals surface area contributed by atoms with Crippen molar-refractivity contribution in [1.29, 1.82) is 0 Å². The SMILES string of the molecule is Cc1cccc2sc(NC(=O)CCN3C(=O)c4cccc([N+](=O)[O-])c4C3=O)nc12. The van der Waals surface area contributed by atoms with E-state index in [2.05, 4.69) is 10.3 Å². The highest BCUT2D eigenvalue weighted by Crippen LogP contribution is 2.31. The smallest absolute Gasteiger partial charge is 0.282 e. The van der Waals surface area contributed by atoms with Crippen LogP contribution in [-0.2, 0) is 4.79 Å². The number of benzene rings is 2. The van der Waals surface area contributed by atoms with Crippen molar-refractivity contribution in [3.05, 3.63) is 63.2 Å². The number of nitro benzene ring substituents is 1. The maximum Gasteiger partial charge on any atom is 0.282 e. The third-order valence-electron chi connectivity index (χ3n) is 4.60. The van der Waals surface area contributed by atoms with E-state index in [1.165, 1.54) is 29.5 Å². The Morgan fingerprint density at radius 2 is 1.97 bits per heavy atom. The van der Waals surface area contributed by atoms with E-state index >= 15 is 0 Å². The van der Waals surface area contributed by atoms with Crippen LogP contribution in [0.25, 0.3) is 10.2 Å². The van der Waals surface area contributed by atoms with Crippen LogP contribution in [0.4, 0.5) is 10.8 Å². The minimum atomic E-state index is -0.763.